The van der Waals surface area contributed by atoms with Crippen molar-refractivity contribution in [2.45, 2.75) is 114 Å². The average molecular weight is 1040 g/mol. The third-order valence-corrected chi connectivity index (χ3v) is 12.2. The van der Waals surface area contributed by atoms with Gasteiger partial charge in [0.05, 0.1) is 96.7 Å². The highest BCUT2D eigenvalue weighted by Gasteiger charge is 2.37. The number of benzene rings is 1. The van der Waals surface area contributed by atoms with E-state index >= 15 is 0 Å². The maximum Gasteiger partial charge on any atom is 0.408 e. The molecular weight excluding hydrogens is 969 g/mol. The maximum atomic E-state index is 13.8. The highest BCUT2D eigenvalue weighted by Crippen LogP contribution is 2.25. The van der Waals surface area contributed by atoms with E-state index in [1.54, 1.807) is 48.7 Å². The number of alkyl carbamates (subject to hydrolysis) is 1. The van der Waals surface area contributed by atoms with Crippen LogP contribution in [0.3, 0.4) is 0 Å². The van der Waals surface area contributed by atoms with Gasteiger partial charge in [-0.15, -0.1) is 10.2 Å². The molecule has 1 aliphatic heterocycles. The van der Waals surface area contributed by atoms with Gasteiger partial charge in [0.25, 0.3) is 5.91 Å². The maximum absolute atomic E-state index is 13.8. The van der Waals surface area contributed by atoms with E-state index in [4.69, 9.17) is 23.7 Å². The summed E-state index contributed by atoms with van der Waals surface area (Å²) in [6.07, 6.45) is 4.35. The fourth-order valence-electron chi connectivity index (χ4n) is 8.25. The van der Waals surface area contributed by atoms with Crippen molar-refractivity contribution >= 4 is 17.9 Å². The van der Waals surface area contributed by atoms with Crippen molar-refractivity contribution in [2.75, 3.05) is 73.9 Å². The van der Waals surface area contributed by atoms with Gasteiger partial charge in [0.2, 0.25) is 5.91 Å². The first kappa shape index (κ1) is 58.0. The molecule has 3 amide bonds. The molecule has 1 fully saturated rings. The summed E-state index contributed by atoms with van der Waals surface area (Å²) in [5.41, 5.74) is 3.73. The van der Waals surface area contributed by atoms with Gasteiger partial charge in [-0.1, -0.05) is 46.8 Å². The van der Waals surface area contributed by atoms with Crippen LogP contribution in [0, 0.1) is 0 Å². The molecule has 4 aromatic heterocycles. The molecular formula is C52H75N12O11+. The van der Waals surface area contributed by atoms with Crippen molar-refractivity contribution in [1.82, 2.24) is 55.9 Å². The van der Waals surface area contributed by atoms with E-state index in [2.05, 4.69) is 46.5 Å². The van der Waals surface area contributed by atoms with E-state index in [0.717, 1.165) is 22.5 Å². The molecule has 1 unspecified atom stereocenters. The number of nitrogens with one attached hydrogen (secondary N) is 3. The second-order valence-corrected chi connectivity index (χ2v) is 20.3. The summed E-state index contributed by atoms with van der Waals surface area (Å²) in [6, 6.07) is 17.7. The largest absolute Gasteiger partial charge is 0.444 e. The first-order chi connectivity index (χ1) is 35.9. The number of carbonyl (C=O) groups excluding carboxylic acids is 3. The molecule has 6 rings (SSSR count). The number of amides is 3. The number of quaternary nitrogens is 1. The second kappa shape index (κ2) is 28.5. The molecule has 5 heterocycles. The molecule has 1 aliphatic rings. The van der Waals surface area contributed by atoms with Gasteiger partial charge in [0, 0.05) is 69.0 Å². The van der Waals surface area contributed by atoms with Crippen molar-refractivity contribution in [3.63, 3.8) is 0 Å². The van der Waals surface area contributed by atoms with Gasteiger partial charge in [-0.25, -0.2) is 9.48 Å². The van der Waals surface area contributed by atoms with Gasteiger partial charge in [0.15, 0.2) is 12.3 Å². The molecule has 1 aromatic carbocycles. The average Bonchev–Trinajstić information content (AvgIpc) is 4.05. The van der Waals surface area contributed by atoms with E-state index in [1.165, 1.54) is 0 Å². The minimum absolute atomic E-state index is 0.0104. The summed E-state index contributed by atoms with van der Waals surface area (Å²) >= 11 is 0. The van der Waals surface area contributed by atoms with Gasteiger partial charge in [-0.2, -0.15) is 0 Å². The predicted molar refractivity (Wildman–Crippen MR) is 274 cm³/mol. The van der Waals surface area contributed by atoms with Crippen LogP contribution in [0.4, 0.5) is 4.79 Å². The zero-order chi connectivity index (χ0) is 53.8. The molecule has 23 nitrogen and oxygen atoms in total. The Kier molecular flexibility index (Phi) is 22.1. The molecule has 0 spiro atoms. The lowest BCUT2D eigenvalue weighted by Gasteiger charge is -2.37. The lowest BCUT2D eigenvalue weighted by atomic mass is 9.99. The number of nitrogens with zero attached hydrogens (tertiary/aromatic N) is 9. The van der Waals surface area contributed by atoms with E-state index in [0.29, 0.717) is 68.0 Å². The number of hydrogen-bond acceptors (Lipinski definition) is 17. The smallest absolute Gasteiger partial charge is 0.408 e. The van der Waals surface area contributed by atoms with Crippen LogP contribution in [-0.2, 0) is 52.8 Å². The number of aromatic nitrogens is 8. The van der Waals surface area contributed by atoms with Crippen LogP contribution in [0.2, 0.25) is 0 Å². The van der Waals surface area contributed by atoms with E-state index in [9.17, 15) is 29.7 Å². The molecule has 0 radical (unpaired) electrons. The Hall–Kier alpha value is -6.31. The fourth-order valence-corrected chi connectivity index (χ4v) is 8.25. The zero-order valence-electron chi connectivity index (χ0n) is 43.9. The van der Waals surface area contributed by atoms with Crippen LogP contribution in [0.15, 0.2) is 85.5 Å². The van der Waals surface area contributed by atoms with Crippen LogP contribution < -0.4 is 16.0 Å². The van der Waals surface area contributed by atoms with E-state index in [-0.39, 0.29) is 57.0 Å². The van der Waals surface area contributed by atoms with Gasteiger partial charge in [0.1, 0.15) is 29.5 Å². The summed E-state index contributed by atoms with van der Waals surface area (Å²) in [5.74, 6) is -0.831. The zero-order valence-corrected chi connectivity index (χ0v) is 43.9. The molecule has 0 bridgehead atoms. The number of rotatable bonds is 29. The van der Waals surface area contributed by atoms with Crippen molar-refractivity contribution in [3.8, 4) is 22.6 Å². The lowest BCUT2D eigenvalue weighted by molar-refractivity contribution is -0.886. The lowest BCUT2D eigenvalue weighted by Crippen LogP contribution is -2.54. The van der Waals surface area contributed by atoms with Crippen LogP contribution in [0.25, 0.3) is 22.6 Å². The SMILES string of the molecule is CC(C)(C)OC(=O)N[C@@H](Cc1cn(CCCC[C@@H](C(=O)NCC(CO[C@@H]2O[C@H](CO)[C@@H](O)C[C@H]2O)c2ccccc2)[N+](C)(C)C)nn1)C(=O)NCCOCCOCCn1cc(-c2ccnc(-c3ccccn3)c2)nn1. The monoisotopic (exact) mass is 1040 g/mol. The molecule has 1 saturated heterocycles. The van der Waals surface area contributed by atoms with E-state index in [1.807, 2.05) is 88.0 Å². The van der Waals surface area contributed by atoms with Crippen molar-refractivity contribution < 1.29 is 57.9 Å². The first-order valence-corrected chi connectivity index (χ1v) is 25.4. The normalized spacial score (nSPS) is 18.2. The Morgan fingerprint density at radius 1 is 0.813 bits per heavy atom. The number of aryl methyl sites for hydroxylation is 1. The molecule has 0 saturated carbocycles. The Morgan fingerprint density at radius 2 is 1.55 bits per heavy atom. The first-order valence-electron chi connectivity index (χ1n) is 25.4. The van der Waals surface area contributed by atoms with E-state index < -0.39 is 54.9 Å². The van der Waals surface area contributed by atoms with Gasteiger partial charge in [-0.05, 0) is 63.4 Å². The second-order valence-electron chi connectivity index (χ2n) is 20.3. The third-order valence-electron chi connectivity index (χ3n) is 12.2. The summed E-state index contributed by atoms with van der Waals surface area (Å²) in [4.78, 5) is 48.9. The molecule has 23 heteroatoms. The summed E-state index contributed by atoms with van der Waals surface area (Å²) in [5, 5.41) is 56.0. The number of likely N-dealkylation sites (N-methyl/N-ethyl adjacent to an activating group) is 1. The predicted octanol–water partition coefficient (Wildman–Crippen LogP) is 2.27. The topological polar surface area (TPSA) is 281 Å². The molecule has 75 heavy (non-hydrogen) atoms. The number of carbonyl (C=O) groups is 3. The number of unbranched alkanes of at least 4 members (excludes halogenated alkanes) is 1. The Bertz CT molecular complexity index is 2500. The minimum atomic E-state index is -1.07. The third kappa shape index (κ3) is 19.1. The number of aliphatic hydroxyl groups is 3. The molecule has 408 valence electrons. The summed E-state index contributed by atoms with van der Waals surface area (Å²) in [7, 11) is 5.93. The molecule has 7 atom stereocenters. The molecule has 0 aliphatic carbocycles. The standard InChI is InChI=1S/C52H74N12O11/c1-52(2,3)75-51(70)57-42(48(68)55-21-24-71-26-27-72-25-23-63-33-43(59-61-63)37-18-20-54-41(28-37)40-16-10-12-19-53-40)29-39-32-62(60-58-39)22-13-11-17-44(64(4,5)6)49(69)56-31-38(36-14-8-7-9-15-36)35-73-50-46(67)30-45(66)47(34-65)74-50/h7-10,12,14-16,18-20,28,32-33,38,42,44-47,50,65-67H,11,13,17,21-27,29-31,34-35H2,1-6H3,(H2-,55,56,57,68,69,70)/p+1/t38?,42-,44-,45-,46+,47+,50+/m0/s1. The highest BCUT2D eigenvalue weighted by atomic mass is 16.7. The van der Waals surface area contributed by atoms with Crippen molar-refractivity contribution in [1.29, 1.82) is 0 Å². The number of hydrogen-bond donors (Lipinski definition) is 6. The minimum Gasteiger partial charge on any atom is -0.444 e. The Balaban J connectivity index is 0.909. The number of ether oxygens (including phenoxy) is 5. The summed E-state index contributed by atoms with van der Waals surface area (Å²) in [6.45, 7) is 7.60. The van der Waals surface area contributed by atoms with Crippen LogP contribution in [-0.4, -0.2) is 194 Å². The summed E-state index contributed by atoms with van der Waals surface area (Å²) < 4.78 is 32.3. The molecule has 5 aromatic rings. The molecule has 6 N–H and O–H groups in total. The van der Waals surface area contributed by atoms with Crippen LogP contribution >= 0.6 is 0 Å². The quantitative estimate of drug-likeness (QED) is 0.0296. The Labute approximate surface area is 437 Å². The van der Waals surface area contributed by atoms with Gasteiger partial charge >= 0.3 is 6.09 Å². The van der Waals surface area contributed by atoms with Gasteiger partial charge < -0.3 is 59.4 Å². The number of pyridine rings is 2. The fraction of sp³-hybridized carbons (Fsp3) is 0.558. The van der Waals surface area contributed by atoms with Crippen molar-refractivity contribution in [3.05, 3.63) is 96.7 Å². The van der Waals surface area contributed by atoms with Crippen molar-refractivity contribution in [2.24, 2.45) is 0 Å². The van der Waals surface area contributed by atoms with Crippen LogP contribution in [0.5, 0.6) is 0 Å². The van der Waals surface area contributed by atoms with Crippen LogP contribution in [0.1, 0.15) is 63.6 Å². The highest BCUT2D eigenvalue weighted by molar-refractivity contribution is 5.86. The Morgan fingerprint density at radius 3 is 2.28 bits per heavy atom. The van der Waals surface area contributed by atoms with Gasteiger partial charge in [-0.3, -0.25) is 24.2 Å². The number of aliphatic hydroxyl groups excluding tert-OH is 3.